The highest BCUT2D eigenvalue weighted by atomic mass is 79.9. The van der Waals surface area contributed by atoms with E-state index in [2.05, 4.69) is 34.7 Å². The number of thiazole rings is 1. The maximum absolute atomic E-state index is 13.5. The van der Waals surface area contributed by atoms with E-state index < -0.39 is 0 Å². The molecule has 29 heavy (non-hydrogen) atoms. The zero-order valence-corrected chi connectivity index (χ0v) is 20.4. The van der Waals surface area contributed by atoms with Crippen molar-refractivity contribution in [2.75, 3.05) is 31.1 Å². The van der Waals surface area contributed by atoms with Crippen molar-refractivity contribution in [2.45, 2.75) is 20.8 Å². The van der Waals surface area contributed by atoms with Crippen LogP contribution in [0.1, 0.15) is 29.8 Å². The molecular formula is C21H22BrCl2N3OS. The molecule has 0 fully saturated rings. The number of aryl methyl sites for hydroxylation is 1. The molecule has 3 rings (SSSR count). The highest BCUT2D eigenvalue weighted by molar-refractivity contribution is 9.10. The molecule has 1 amide bonds. The molecule has 0 radical (unpaired) electrons. The van der Waals surface area contributed by atoms with E-state index in [0.29, 0.717) is 27.3 Å². The Bertz CT molecular complexity index is 997. The van der Waals surface area contributed by atoms with Gasteiger partial charge in [-0.1, -0.05) is 70.4 Å². The first-order chi connectivity index (χ1) is 13.8. The van der Waals surface area contributed by atoms with Gasteiger partial charge in [0.2, 0.25) is 0 Å². The van der Waals surface area contributed by atoms with E-state index >= 15 is 0 Å². The highest BCUT2D eigenvalue weighted by Gasteiger charge is 2.24. The maximum Gasteiger partial charge on any atom is 0.261 e. The van der Waals surface area contributed by atoms with Crippen LogP contribution in [-0.2, 0) is 0 Å². The number of hydrogen-bond acceptors (Lipinski definition) is 4. The molecule has 0 spiro atoms. The van der Waals surface area contributed by atoms with Gasteiger partial charge in [0.15, 0.2) is 5.13 Å². The number of benzene rings is 2. The molecule has 0 saturated heterocycles. The molecule has 2 aromatic carbocycles. The number of likely N-dealkylation sites (N-methyl/N-ethyl adjacent to an activating group) is 1. The molecule has 0 aliphatic rings. The summed E-state index contributed by atoms with van der Waals surface area (Å²) in [7, 11) is 0. The minimum Gasteiger partial charge on any atom is -0.302 e. The Hall–Kier alpha value is -1.18. The molecule has 4 nitrogen and oxygen atoms in total. The summed E-state index contributed by atoms with van der Waals surface area (Å²) in [6.07, 6.45) is 0. The zero-order valence-electron chi connectivity index (χ0n) is 16.5. The van der Waals surface area contributed by atoms with Crippen molar-refractivity contribution in [3.63, 3.8) is 0 Å². The number of hydrogen-bond donors (Lipinski definition) is 0. The molecule has 154 valence electrons. The fourth-order valence-electron chi connectivity index (χ4n) is 3.08. The quantitative estimate of drug-likeness (QED) is 0.353. The average Bonchev–Trinajstić information content (AvgIpc) is 3.16. The lowest BCUT2D eigenvalue weighted by molar-refractivity contribution is 0.0984. The number of fused-ring (bicyclic) bond motifs is 1. The third kappa shape index (κ3) is 4.94. The van der Waals surface area contributed by atoms with Crippen molar-refractivity contribution >= 4 is 71.7 Å². The third-order valence-electron chi connectivity index (χ3n) is 4.86. The normalized spacial score (nSPS) is 11.4. The first-order valence-corrected chi connectivity index (χ1v) is 11.8. The Morgan fingerprint density at radius 3 is 2.45 bits per heavy atom. The van der Waals surface area contributed by atoms with Crippen molar-refractivity contribution < 1.29 is 4.79 Å². The molecule has 0 aliphatic carbocycles. The van der Waals surface area contributed by atoms with E-state index in [4.69, 9.17) is 28.2 Å². The summed E-state index contributed by atoms with van der Waals surface area (Å²) in [4.78, 5) is 22.2. The number of aromatic nitrogens is 1. The van der Waals surface area contributed by atoms with Crippen LogP contribution in [0.4, 0.5) is 5.13 Å². The van der Waals surface area contributed by atoms with Crippen LogP contribution in [-0.4, -0.2) is 42.0 Å². The van der Waals surface area contributed by atoms with Gasteiger partial charge in [-0.25, -0.2) is 4.98 Å². The summed E-state index contributed by atoms with van der Waals surface area (Å²) in [5.41, 5.74) is 2.31. The zero-order chi connectivity index (χ0) is 21.1. The maximum atomic E-state index is 13.5. The van der Waals surface area contributed by atoms with Crippen molar-refractivity contribution in [1.82, 2.24) is 9.88 Å². The number of carbonyl (C=O) groups excluding carboxylic acids is 1. The van der Waals surface area contributed by atoms with Crippen LogP contribution in [0.3, 0.4) is 0 Å². The van der Waals surface area contributed by atoms with Gasteiger partial charge in [-0.15, -0.1) is 0 Å². The Balaban J connectivity index is 2.05. The minimum absolute atomic E-state index is 0.170. The van der Waals surface area contributed by atoms with Gasteiger partial charge >= 0.3 is 0 Å². The van der Waals surface area contributed by atoms with Gasteiger partial charge in [0.25, 0.3) is 5.91 Å². The Morgan fingerprint density at radius 1 is 1.10 bits per heavy atom. The molecule has 0 aliphatic heterocycles. The molecule has 0 N–H and O–H groups in total. The lowest BCUT2D eigenvalue weighted by atomic mass is 10.2. The van der Waals surface area contributed by atoms with Gasteiger partial charge in [0.1, 0.15) is 0 Å². The predicted octanol–water partition coefficient (Wildman–Crippen LogP) is 6.66. The van der Waals surface area contributed by atoms with E-state index in [1.165, 1.54) is 11.3 Å². The molecule has 1 aromatic heterocycles. The first-order valence-electron chi connectivity index (χ1n) is 9.40. The fraction of sp³-hybridized carbons (Fsp3) is 0.333. The summed E-state index contributed by atoms with van der Waals surface area (Å²) < 4.78 is 1.69. The molecule has 0 atom stereocenters. The molecular weight excluding hydrogens is 493 g/mol. The molecule has 0 bridgehead atoms. The van der Waals surface area contributed by atoms with Crippen LogP contribution in [0.15, 0.2) is 34.8 Å². The Morgan fingerprint density at radius 2 is 1.79 bits per heavy atom. The summed E-state index contributed by atoms with van der Waals surface area (Å²) >= 11 is 17.6. The molecule has 0 unspecified atom stereocenters. The second-order valence-electron chi connectivity index (χ2n) is 6.65. The van der Waals surface area contributed by atoms with E-state index in [-0.39, 0.29) is 5.91 Å². The summed E-state index contributed by atoms with van der Waals surface area (Å²) in [5.74, 6) is -0.170. The van der Waals surface area contributed by atoms with Crippen molar-refractivity contribution in [1.29, 1.82) is 0 Å². The topological polar surface area (TPSA) is 36.4 Å². The van der Waals surface area contributed by atoms with Crippen molar-refractivity contribution in [2.24, 2.45) is 0 Å². The number of amides is 1. The third-order valence-corrected chi connectivity index (χ3v) is 7.22. The predicted molar refractivity (Wildman–Crippen MR) is 128 cm³/mol. The number of halogens is 3. The van der Waals surface area contributed by atoms with Crippen LogP contribution in [0, 0.1) is 6.92 Å². The van der Waals surface area contributed by atoms with Gasteiger partial charge in [-0.05, 0) is 49.8 Å². The largest absolute Gasteiger partial charge is 0.302 e. The van der Waals surface area contributed by atoms with Crippen LogP contribution in [0.5, 0.6) is 0 Å². The summed E-state index contributed by atoms with van der Waals surface area (Å²) in [6.45, 7) is 9.31. The van der Waals surface area contributed by atoms with Gasteiger partial charge in [-0.3, -0.25) is 9.69 Å². The van der Waals surface area contributed by atoms with E-state index in [0.717, 1.165) is 39.9 Å². The molecule has 0 saturated carbocycles. The van der Waals surface area contributed by atoms with E-state index in [9.17, 15) is 4.79 Å². The minimum atomic E-state index is -0.170. The van der Waals surface area contributed by atoms with Gasteiger partial charge in [0.05, 0.1) is 25.8 Å². The van der Waals surface area contributed by atoms with Crippen molar-refractivity contribution in [3.05, 3.63) is 56.0 Å². The van der Waals surface area contributed by atoms with Crippen LogP contribution >= 0.6 is 50.5 Å². The smallest absolute Gasteiger partial charge is 0.261 e. The Labute approximate surface area is 193 Å². The monoisotopic (exact) mass is 513 g/mol. The summed E-state index contributed by atoms with van der Waals surface area (Å²) in [5, 5.41) is 1.69. The lowest BCUT2D eigenvalue weighted by Crippen LogP contribution is -2.39. The van der Waals surface area contributed by atoms with E-state index in [1.807, 2.05) is 25.1 Å². The summed E-state index contributed by atoms with van der Waals surface area (Å²) in [6, 6.07) is 9.11. The highest BCUT2D eigenvalue weighted by Crippen LogP contribution is 2.36. The fourth-order valence-corrected chi connectivity index (χ4v) is 4.98. The molecule has 1 heterocycles. The first kappa shape index (κ1) is 22.5. The van der Waals surface area contributed by atoms with Gasteiger partial charge in [-0.2, -0.15) is 0 Å². The molecule has 3 aromatic rings. The SMILES string of the molecule is CCN(CC)CCN(C(=O)c1cc(Br)ccc1Cl)c1nc2c(C)ccc(Cl)c2s1. The number of rotatable bonds is 7. The van der Waals surface area contributed by atoms with Crippen LogP contribution in [0.2, 0.25) is 10.0 Å². The van der Waals surface area contributed by atoms with Crippen molar-refractivity contribution in [3.8, 4) is 0 Å². The lowest BCUT2D eigenvalue weighted by Gasteiger charge is -2.25. The molecule has 8 heteroatoms. The number of carbonyl (C=O) groups is 1. The second kappa shape index (κ2) is 9.75. The standard InChI is InChI=1S/C21H22BrCl2N3OS/c1-4-26(5-2)10-11-27(20(28)15-12-14(22)7-9-16(15)23)21-25-18-13(3)6-8-17(24)19(18)29-21/h6-9,12H,4-5,10-11H2,1-3H3. The van der Waals surface area contributed by atoms with Gasteiger partial charge < -0.3 is 4.90 Å². The van der Waals surface area contributed by atoms with Crippen LogP contribution < -0.4 is 4.90 Å². The number of anilines is 1. The number of nitrogens with zero attached hydrogens (tertiary/aromatic N) is 3. The van der Waals surface area contributed by atoms with Crippen LogP contribution in [0.25, 0.3) is 10.2 Å². The average molecular weight is 515 g/mol. The van der Waals surface area contributed by atoms with E-state index in [1.54, 1.807) is 17.0 Å². The second-order valence-corrected chi connectivity index (χ2v) is 9.35. The Kier molecular flexibility index (Phi) is 7.57. The van der Waals surface area contributed by atoms with Gasteiger partial charge in [0, 0.05) is 17.6 Å².